The third-order valence-electron chi connectivity index (χ3n) is 3.21. The number of carbonyl (C=O) groups is 1. The summed E-state index contributed by atoms with van der Waals surface area (Å²) in [4.78, 5) is 12.0. The van der Waals surface area contributed by atoms with E-state index in [4.69, 9.17) is 5.11 Å². The Balaban J connectivity index is 2.71. The lowest BCUT2D eigenvalue weighted by molar-refractivity contribution is -0.122. The van der Waals surface area contributed by atoms with Crippen LogP contribution in [0.4, 0.5) is 0 Å². The zero-order valence-electron chi connectivity index (χ0n) is 11.9. The molecule has 18 heavy (non-hydrogen) atoms. The summed E-state index contributed by atoms with van der Waals surface area (Å²) in [5.74, 6) is -0.0346. The molecular weight excluding hydrogens is 230 g/mol. The molecule has 2 N–H and O–H groups in total. The Kier molecular flexibility index (Phi) is 4.51. The largest absolute Gasteiger partial charge is 0.396 e. The number of aliphatic hydroxyl groups excluding tert-OH is 1. The second-order valence-electron chi connectivity index (χ2n) is 5.36. The predicted molar refractivity (Wildman–Crippen MR) is 70.3 cm³/mol. The number of hydrogen-bond donors (Lipinski definition) is 2. The first-order chi connectivity index (χ1) is 8.26. The molecule has 0 saturated heterocycles. The number of aryl methyl sites for hydroxylation is 2. The molecule has 1 rings (SSSR count). The number of nitrogens with one attached hydrogen (secondary N) is 1. The molecule has 5 nitrogen and oxygen atoms in total. The van der Waals surface area contributed by atoms with Crippen molar-refractivity contribution in [3.05, 3.63) is 17.0 Å². The van der Waals surface area contributed by atoms with Crippen LogP contribution in [0.3, 0.4) is 0 Å². The number of nitrogens with zero attached hydrogens (tertiary/aromatic N) is 2. The highest BCUT2D eigenvalue weighted by molar-refractivity contribution is 5.79. The van der Waals surface area contributed by atoms with Gasteiger partial charge in [0.15, 0.2) is 0 Å². The van der Waals surface area contributed by atoms with E-state index in [2.05, 4.69) is 10.4 Å². The molecule has 0 saturated carbocycles. The third-order valence-corrected chi connectivity index (χ3v) is 3.21. The summed E-state index contributed by atoms with van der Waals surface area (Å²) in [6.45, 7) is 7.75. The molecule has 1 amide bonds. The normalized spacial score (nSPS) is 11.7. The number of aliphatic hydroxyl groups is 1. The summed E-state index contributed by atoms with van der Waals surface area (Å²) >= 11 is 0. The maximum Gasteiger partial charge on any atom is 0.224 e. The second-order valence-corrected chi connectivity index (χ2v) is 5.36. The maximum absolute atomic E-state index is 12.0. The molecule has 0 bridgehead atoms. The predicted octanol–water partition coefficient (Wildman–Crippen LogP) is 0.857. The molecular formula is C13H23N3O2. The van der Waals surface area contributed by atoms with Crippen LogP contribution in [0.2, 0.25) is 0 Å². The van der Waals surface area contributed by atoms with Crippen molar-refractivity contribution >= 4 is 5.91 Å². The summed E-state index contributed by atoms with van der Waals surface area (Å²) in [5.41, 5.74) is 2.51. The van der Waals surface area contributed by atoms with Gasteiger partial charge in [-0.1, -0.05) is 0 Å². The van der Waals surface area contributed by atoms with Crippen LogP contribution in [0, 0.1) is 13.8 Å². The molecule has 0 radical (unpaired) electrons. The van der Waals surface area contributed by atoms with Gasteiger partial charge in [-0.05, 0) is 34.1 Å². The Morgan fingerprint density at radius 2 is 2.06 bits per heavy atom. The van der Waals surface area contributed by atoms with E-state index in [1.54, 1.807) is 4.68 Å². The first kappa shape index (κ1) is 14.7. The van der Waals surface area contributed by atoms with E-state index in [0.29, 0.717) is 12.8 Å². The Morgan fingerprint density at radius 1 is 1.44 bits per heavy atom. The van der Waals surface area contributed by atoms with Gasteiger partial charge in [-0.15, -0.1) is 0 Å². The van der Waals surface area contributed by atoms with Crippen molar-refractivity contribution in [2.75, 3.05) is 6.61 Å². The lowest BCUT2D eigenvalue weighted by Crippen LogP contribution is -2.44. The fourth-order valence-corrected chi connectivity index (χ4v) is 2.00. The number of hydrogen-bond acceptors (Lipinski definition) is 3. The topological polar surface area (TPSA) is 67.2 Å². The molecule has 1 heterocycles. The summed E-state index contributed by atoms with van der Waals surface area (Å²) in [7, 11) is 1.87. The van der Waals surface area contributed by atoms with Crippen molar-refractivity contribution < 1.29 is 9.90 Å². The summed E-state index contributed by atoms with van der Waals surface area (Å²) in [6.07, 6.45) is 0.879. The molecule has 102 valence electrons. The fourth-order valence-electron chi connectivity index (χ4n) is 2.00. The molecule has 0 spiro atoms. The van der Waals surface area contributed by atoms with Gasteiger partial charge in [-0.25, -0.2) is 0 Å². The Bertz CT molecular complexity index is 436. The standard InChI is InChI=1S/C13H23N3O2/c1-9-11(10(2)16(5)15-9)8-12(18)14-13(3,4)6-7-17/h17H,6-8H2,1-5H3,(H,14,18). The molecule has 1 aromatic heterocycles. The number of rotatable bonds is 5. The van der Waals surface area contributed by atoms with Gasteiger partial charge in [0.2, 0.25) is 5.91 Å². The minimum Gasteiger partial charge on any atom is -0.396 e. The van der Waals surface area contributed by atoms with Crippen molar-refractivity contribution in [3.8, 4) is 0 Å². The molecule has 0 aliphatic rings. The SMILES string of the molecule is Cc1nn(C)c(C)c1CC(=O)NC(C)(C)CCO. The highest BCUT2D eigenvalue weighted by Crippen LogP contribution is 2.14. The smallest absolute Gasteiger partial charge is 0.224 e. The molecule has 5 heteroatoms. The van der Waals surface area contributed by atoms with Crippen LogP contribution in [-0.4, -0.2) is 32.9 Å². The van der Waals surface area contributed by atoms with Crippen LogP contribution in [0.1, 0.15) is 37.2 Å². The Labute approximate surface area is 108 Å². The molecule has 1 aromatic rings. The van der Waals surface area contributed by atoms with Crippen LogP contribution in [-0.2, 0) is 18.3 Å². The van der Waals surface area contributed by atoms with Gasteiger partial charge in [0.1, 0.15) is 0 Å². The van der Waals surface area contributed by atoms with Gasteiger partial charge in [0, 0.05) is 30.5 Å². The van der Waals surface area contributed by atoms with Crippen molar-refractivity contribution in [1.82, 2.24) is 15.1 Å². The molecule has 0 aliphatic carbocycles. The maximum atomic E-state index is 12.0. The molecule has 0 aliphatic heterocycles. The van der Waals surface area contributed by atoms with Crippen molar-refractivity contribution in [1.29, 1.82) is 0 Å². The average Bonchev–Trinajstić information content (AvgIpc) is 2.44. The molecule has 0 atom stereocenters. The summed E-state index contributed by atoms with van der Waals surface area (Å²) < 4.78 is 1.79. The monoisotopic (exact) mass is 253 g/mol. The van der Waals surface area contributed by atoms with E-state index >= 15 is 0 Å². The van der Waals surface area contributed by atoms with E-state index in [1.807, 2.05) is 34.7 Å². The zero-order chi connectivity index (χ0) is 13.9. The molecule has 0 fully saturated rings. The van der Waals surface area contributed by atoms with Gasteiger partial charge in [-0.3, -0.25) is 9.48 Å². The number of amides is 1. The Morgan fingerprint density at radius 3 is 2.50 bits per heavy atom. The first-order valence-electron chi connectivity index (χ1n) is 6.18. The lowest BCUT2D eigenvalue weighted by atomic mass is 10.0. The van der Waals surface area contributed by atoms with E-state index in [9.17, 15) is 4.79 Å². The third kappa shape index (κ3) is 3.57. The van der Waals surface area contributed by atoms with E-state index in [-0.39, 0.29) is 18.1 Å². The van der Waals surface area contributed by atoms with E-state index in [0.717, 1.165) is 17.0 Å². The van der Waals surface area contributed by atoms with Crippen LogP contribution in [0.25, 0.3) is 0 Å². The Hall–Kier alpha value is -1.36. The first-order valence-corrected chi connectivity index (χ1v) is 6.18. The zero-order valence-corrected chi connectivity index (χ0v) is 11.9. The van der Waals surface area contributed by atoms with Crippen LogP contribution < -0.4 is 5.32 Å². The minimum absolute atomic E-state index is 0.0346. The summed E-state index contributed by atoms with van der Waals surface area (Å²) in [6, 6.07) is 0. The van der Waals surface area contributed by atoms with Gasteiger partial charge < -0.3 is 10.4 Å². The van der Waals surface area contributed by atoms with Crippen LogP contribution in [0.15, 0.2) is 0 Å². The lowest BCUT2D eigenvalue weighted by Gasteiger charge is -2.25. The van der Waals surface area contributed by atoms with Gasteiger partial charge >= 0.3 is 0 Å². The number of carbonyl (C=O) groups excluding carboxylic acids is 1. The van der Waals surface area contributed by atoms with Crippen LogP contribution in [0.5, 0.6) is 0 Å². The van der Waals surface area contributed by atoms with Crippen molar-refractivity contribution in [2.24, 2.45) is 7.05 Å². The second kappa shape index (κ2) is 5.52. The summed E-state index contributed by atoms with van der Waals surface area (Å²) in [5, 5.41) is 16.2. The molecule has 0 unspecified atom stereocenters. The molecule has 0 aromatic carbocycles. The van der Waals surface area contributed by atoms with Gasteiger partial charge in [-0.2, -0.15) is 5.10 Å². The van der Waals surface area contributed by atoms with E-state index in [1.165, 1.54) is 0 Å². The van der Waals surface area contributed by atoms with Gasteiger partial charge in [0.25, 0.3) is 0 Å². The highest BCUT2D eigenvalue weighted by atomic mass is 16.3. The quantitative estimate of drug-likeness (QED) is 0.817. The fraction of sp³-hybridized carbons (Fsp3) is 0.692. The van der Waals surface area contributed by atoms with Crippen molar-refractivity contribution in [3.63, 3.8) is 0 Å². The van der Waals surface area contributed by atoms with Crippen LogP contribution >= 0.6 is 0 Å². The van der Waals surface area contributed by atoms with E-state index < -0.39 is 0 Å². The number of aromatic nitrogens is 2. The van der Waals surface area contributed by atoms with Crippen molar-refractivity contribution in [2.45, 2.75) is 46.1 Å². The highest BCUT2D eigenvalue weighted by Gasteiger charge is 2.21. The average molecular weight is 253 g/mol. The minimum atomic E-state index is -0.379. The van der Waals surface area contributed by atoms with Gasteiger partial charge in [0.05, 0.1) is 12.1 Å².